The number of carboxylic acid groups (broad SMARTS) is 1. The quantitative estimate of drug-likeness (QED) is 0.475. The van der Waals surface area contributed by atoms with E-state index in [0.29, 0.717) is 19.3 Å². The van der Waals surface area contributed by atoms with Gasteiger partial charge in [0.15, 0.2) is 0 Å². The summed E-state index contributed by atoms with van der Waals surface area (Å²) in [7, 11) is 0. The standard InChI is InChI=1S/C17H24O5/c1-9(16(20)21)12-7-13-10(2)14(19)5-6-17(13,4)15(8-12)22-11(3)18/h12,14-15,19H,1,5-8H2,2-4H3,(H,20,21)/t12-,14-,15-,17-/m0/s1. The zero-order valence-electron chi connectivity index (χ0n) is 13.4. The van der Waals surface area contributed by atoms with Gasteiger partial charge in [-0.25, -0.2) is 4.79 Å². The van der Waals surface area contributed by atoms with Gasteiger partial charge in [-0.2, -0.15) is 0 Å². The molecular weight excluding hydrogens is 284 g/mol. The second kappa shape index (κ2) is 5.88. The van der Waals surface area contributed by atoms with E-state index >= 15 is 0 Å². The summed E-state index contributed by atoms with van der Waals surface area (Å²) in [6.07, 6.45) is 1.51. The van der Waals surface area contributed by atoms with Crippen molar-refractivity contribution in [2.75, 3.05) is 0 Å². The van der Waals surface area contributed by atoms with Gasteiger partial charge in [-0.15, -0.1) is 0 Å². The Morgan fingerprint density at radius 2 is 2.05 bits per heavy atom. The van der Waals surface area contributed by atoms with Crippen molar-refractivity contribution >= 4 is 11.9 Å². The number of ether oxygens (including phenoxy) is 1. The highest BCUT2D eigenvalue weighted by Gasteiger charge is 2.49. The van der Waals surface area contributed by atoms with E-state index in [1.807, 2.05) is 13.8 Å². The first-order valence-electron chi connectivity index (χ1n) is 7.64. The van der Waals surface area contributed by atoms with Crippen molar-refractivity contribution in [2.45, 2.75) is 58.7 Å². The molecule has 0 spiro atoms. The average Bonchev–Trinajstić information content (AvgIpc) is 2.43. The maximum absolute atomic E-state index is 11.5. The van der Waals surface area contributed by atoms with Crippen molar-refractivity contribution in [3.05, 3.63) is 23.3 Å². The Morgan fingerprint density at radius 1 is 1.41 bits per heavy atom. The van der Waals surface area contributed by atoms with Crippen LogP contribution in [0.2, 0.25) is 0 Å². The molecule has 5 nitrogen and oxygen atoms in total. The Labute approximate surface area is 130 Å². The molecule has 0 aromatic rings. The topological polar surface area (TPSA) is 83.8 Å². The zero-order valence-corrected chi connectivity index (χ0v) is 13.4. The Balaban J connectivity index is 2.43. The number of hydrogen-bond acceptors (Lipinski definition) is 4. The molecule has 1 saturated carbocycles. The zero-order chi connectivity index (χ0) is 16.7. The summed E-state index contributed by atoms with van der Waals surface area (Å²) in [6, 6.07) is 0. The van der Waals surface area contributed by atoms with Crippen LogP contribution in [0.15, 0.2) is 23.3 Å². The molecule has 0 saturated heterocycles. The normalized spacial score (nSPS) is 34.8. The third-order valence-electron chi connectivity index (χ3n) is 5.34. The highest BCUT2D eigenvalue weighted by molar-refractivity contribution is 5.86. The first kappa shape index (κ1) is 16.7. The lowest BCUT2D eigenvalue weighted by molar-refractivity contribution is -0.155. The fraction of sp³-hybridized carbons (Fsp3) is 0.647. The number of carbonyl (C=O) groups excluding carboxylic acids is 1. The van der Waals surface area contributed by atoms with Gasteiger partial charge in [0.25, 0.3) is 0 Å². The largest absolute Gasteiger partial charge is 0.478 e. The van der Waals surface area contributed by atoms with E-state index in [4.69, 9.17) is 4.74 Å². The summed E-state index contributed by atoms with van der Waals surface area (Å²) >= 11 is 0. The minimum Gasteiger partial charge on any atom is -0.478 e. The van der Waals surface area contributed by atoms with Gasteiger partial charge in [-0.1, -0.05) is 19.1 Å². The predicted molar refractivity (Wildman–Crippen MR) is 81.1 cm³/mol. The van der Waals surface area contributed by atoms with E-state index in [2.05, 4.69) is 6.58 Å². The molecule has 0 unspecified atom stereocenters. The lowest BCUT2D eigenvalue weighted by Gasteiger charge is -2.49. The van der Waals surface area contributed by atoms with Crippen molar-refractivity contribution in [1.29, 1.82) is 0 Å². The molecule has 0 heterocycles. The second-order valence-corrected chi connectivity index (χ2v) is 6.70. The van der Waals surface area contributed by atoms with Gasteiger partial charge in [-0.3, -0.25) is 4.79 Å². The van der Waals surface area contributed by atoms with Crippen molar-refractivity contribution in [2.24, 2.45) is 11.3 Å². The molecule has 0 radical (unpaired) electrons. The fourth-order valence-corrected chi connectivity index (χ4v) is 3.87. The van der Waals surface area contributed by atoms with Crippen LogP contribution in [0.1, 0.15) is 46.5 Å². The number of aliphatic hydroxyl groups excluding tert-OH is 1. The number of aliphatic hydroxyl groups is 1. The van der Waals surface area contributed by atoms with Crippen LogP contribution in [-0.4, -0.2) is 34.4 Å². The average molecular weight is 308 g/mol. The lowest BCUT2D eigenvalue weighted by atomic mass is 9.59. The molecule has 22 heavy (non-hydrogen) atoms. The number of carbonyl (C=O) groups is 2. The summed E-state index contributed by atoms with van der Waals surface area (Å²) in [6.45, 7) is 8.97. The van der Waals surface area contributed by atoms with Crippen LogP contribution in [0.3, 0.4) is 0 Å². The number of fused-ring (bicyclic) bond motifs is 1. The molecule has 1 fully saturated rings. The van der Waals surface area contributed by atoms with Crippen molar-refractivity contribution in [1.82, 2.24) is 0 Å². The summed E-state index contributed by atoms with van der Waals surface area (Å²) in [5.41, 5.74) is 1.72. The molecule has 2 N–H and O–H groups in total. The van der Waals surface area contributed by atoms with Crippen molar-refractivity contribution in [3.8, 4) is 0 Å². The third kappa shape index (κ3) is 2.82. The fourth-order valence-electron chi connectivity index (χ4n) is 3.87. The molecule has 2 rings (SSSR count). The summed E-state index contributed by atoms with van der Waals surface area (Å²) < 4.78 is 5.52. The predicted octanol–water partition coefficient (Wildman–Crippen LogP) is 2.45. The van der Waals surface area contributed by atoms with Gasteiger partial charge in [0.2, 0.25) is 0 Å². The summed E-state index contributed by atoms with van der Waals surface area (Å²) in [5.74, 6) is -1.66. The molecule has 0 bridgehead atoms. The maximum Gasteiger partial charge on any atom is 0.331 e. The highest BCUT2D eigenvalue weighted by Crippen LogP contribution is 2.53. The number of aliphatic carboxylic acids is 1. The molecule has 5 heteroatoms. The van der Waals surface area contributed by atoms with Gasteiger partial charge in [0, 0.05) is 17.9 Å². The highest BCUT2D eigenvalue weighted by atomic mass is 16.5. The van der Waals surface area contributed by atoms with E-state index < -0.39 is 12.1 Å². The molecule has 4 atom stereocenters. The molecule has 2 aliphatic carbocycles. The maximum atomic E-state index is 11.5. The SMILES string of the molecule is C=C(C(=O)O)[C@H]1CC2=C(C)[C@@H](O)CC[C@]2(C)[C@@H](OC(C)=O)C1. The van der Waals surface area contributed by atoms with Crippen LogP contribution < -0.4 is 0 Å². The number of esters is 1. The van der Waals surface area contributed by atoms with E-state index in [1.54, 1.807) is 0 Å². The molecule has 122 valence electrons. The molecule has 0 aromatic carbocycles. The Morgan fingerprint density at radius 3 is 2.59 bits per heavy atom. The van der Waals surface area contributed by atoms with Crippen molar-refractivity contribution in [3.63, 3.8) is 0 Å². The minimum absolute atomic E-state index is 0.138. The van der Waals surface area contributed by atoms with Crippen LogP contribution in [-0.2, 0) is 14.3 Å². The van der Waals surface area contributed by atoms with Crippen LogP contribution in [0, 0.1) is 11.3 Å². The molecule has 0 aliphatic heterocycles. The van der Waals surface area contributed by atoms with Crippen LogP contribution >= 0.6 is 0 Å². The minimum atomic E-state index is -1.02. The molecule has 0 aromatic heterocycles. The molecule has 2 aliphatic rings. The van der Waals surface area contributed by atoms with Crippen LogP contribution in [0.25, 0.3) is 0 Å². The number of rotatable bonds is 3. The van der Waals surface area contributed by atoms with Crippen LogP contribution in [0.5, 0.6) is 0 Å². The van der Waals surface area contributed by atoms with Gasteiger partial charge >= 0.3 is 11.9 Å². The molecular formula is C17H24O5. The number of carboxylic acids is 1. The van der Waals surface area contributed by atoms with E-state index in [9.17, 15) is 19.8 Å². The van der Waals surface area contributed by atoms with E-state index in [0.717, 1.165) is 17.6 Å². The van der Waals surface area contributed by atoms with E-state index in [-0.39, 0.29) is 29.0 Å². The second-order valence-electron chi connectivity index (χ2n) is 6.70. The Hall–Kier alpha value is -1.62. The third-order valence-corrected chi connectivity index (χ3v) is 5.34. The number of hydrogen-bond donors (Lipinski definition) is 2. The lowest BCUT2D eigenvalue weighted by Crippen LogP contribution is -2.47. The van der Waals surface area contributed by atoms with Crippen molar-refractivity contribution < 1.29 is 24.5 Å². The molecule has 0 amide bonds. The Bertz CT molecular complexity index is 547. The Kier molecular flexibility index (Phi) is 4.47. The van der Waals surface area contributed by atoms with Gasteiger partial charge in [0.1, 0.15) is 6.10 Å². The van der Waals surface area contributed by atoms with Crippen LogP contribution in [0.4, 0.5) is 0 Å². The first-order valence-corrected chi connectivity index (χ1v) is 7.64. The van der Waals surface area contributed by atoms with Gasteiger partial charge in [-0.05, 0) is 44.1 Å². The first-order chi connectivity index (χ1) is 10.2. The summed E-state index contributed by atoms with van der Waals surface area (Å²) in [5, 5.41) is 19.3. The summed E-state index contributed by atoms with van der Waals surface area (Å²) in [4.78, 5) is 22.7. The van der Waals surface area contributed by atoms with Gasteiger partial charge < -0.3 is 14.9 Å². The monoisotopic (exact) mass is 308 g/mol. The van der Waals surface area contributed by atoms with Gasteiger partial charge in [0.05, 0.1) is 6.10 Å². The smallest absolute Gasteiger partial charge is 0.331 e. The van der Waals surface area contributed by atoms with E-state index in [1.165, 1.54) is 6.92 Å².